The normalized spacial score (nSPS) is 15.3. The summed E-state index contributed by atoms with van der Waals surface area (Å²) in [5, 5.41) is 33.8. The first-order valence-electron chi connectivity index (χ1n) is 10.9. The lowest BCUT2D eigenvalue weighted by atomic mass is 9.98. The Morgan fingerprint density at radius 2 is 1.91 bits per heavy atom. The first kappa shape index (κ1) is 21.6. The Morgan fingerprint density at radius 3 is 2.68 bits per heavy atom. The summed E-state index contributed by atoms with van der Waals surface area (Å²) in [6.07, 6.45) is 0.00812. The summed E-state index contributed by atoms with van der Waals surface area (Å²) in [7, 11) is 0. The molecule has 0 bridgehead atoms. The highest BCUT2D eigenvalue weighted by Gasteiger charge is 2.31. The fourth-order valence-corrected chi connectivity index (χ4v) is 4.49. The smallest absolute Gasteiger partial charge is 0.407 e. The molecule has 0 aliphatic carbocycles. The van der Waals surface area contributed by atoms with Gasteiger partial charge in [-0.3, -0.25) is 9.48 Å². The van der Waals surface area contributed by atoms with E-state index in [4.69, 9.17) is 5.26 Å². The highest BCUT2D eigenvalue weighted by molar-refractivity contribution is 5.94. The van der Waals surface area contributed by atoms with E-state index >= 15 is 0 Å². The molecular weight excluding hydrogens is 443 g/mol. The van der Waals surface area contributed by atoms with E-state index in [9.17, 15) is 19.1 Å². The number of amides is 2. The highest BCUT2D eigenvalue weighted by Crippen LogP contribution is 2.26. The second kappa shape index (κ2) is 8.58. The van der Waals surface area contributed by atoms with Crippen molar-refractivity contribution in [2.45, 2.75) is 32.4 Å². The second-order valence-corrected chi connectivity index (χ2v) is 8.31. The SMILES string of the molecule is N#Cc1ccc(Cc2c(C(=O)N3CCc4n[nH]nc4C3)nn3c2CCN(C(=O)O)CC3)c(F)c1. The summed E-state index contributed by atoms with van der Waals surface area (Å²) in [6, 6.07) is 6.15. The van der Waals surface area contributed by atoms with Gasteiger partial charge in [0.25, 0.3) is 5.91 Å². The van der Waals surface area contributed by atoms with Crippen LogP contribution in [0.25, 0.3) is 0 Å². The van der Waals surface area contributed by atoms with Crippen LogP contribution in [-0.2, 0) is 32.4 Å². The van der Waals surface area contributed by atoms with Crippen molar-refractivity contribution in [1.29, 1.82) is 5.26 Å². The Hall–Kier alpha value is -4.27. The van der Waals surface area contributed by atoms with Gasteiger partial charge in [0.1, 0.15) is 11.5 Å². The van der Waals surface area contributed by atoms with Gasteiger partial charge in [-0.1, -0.05) is 6.07 Å². The van der Waals surface area contributed by atoms with E-state index in [1.54, 1.807) is 9.58 Å². The Balaban J connectivity index is 1.51. The lowest BCUT2D eigenvalue weighted by molar-refractivity contribution is 0.0723. The Kier molecular flexibility index (Phi) is 5.45. The summed E-state index contributed by atoms with van der Waals surface area (Å²) in [5.74, 6) is -0.822. The molecule has 0 spiro atoms. The maximum absolute atomic E-state index is 14.7. The van der Waals surface area contributed by atoms with Crippen LogP contribution >= 0.6 is 0 Å². The fraction of sp³-hybridized carbons (Fsp3) is 0.364. The molecule has 0 atom stereocenters. The summed E-state index contributed by atoms with van der Waals surface area (Å²) >= 11 is 0. The number of aromatic amines is 1. The number of H-pyrrole nitrogens is 1. The van der Waals surface area contributed by atoms with Crippen molar-refractivity contribution >= 4 is 12.0 Å². The maximum atomic E-state index is 14.7. The topological polar surface area (TPSA) is 144 Å². The van der Waals surface area contributed by atoms with Crippen LogP contribution in [0.5, 0.6) is 0 Å². The average Bonchev–Trinajstić information content (AvgIpc) is 3.37. The van der Waals surface area contributed by atoms with Gasteiger partial charge >= 0.3 is 6.09 Å². The monoisotopic (exact) mass is 464 g/mol. The van der Waals surface area contributed by atoms with E-state index in [0.717, 1.165) is 11.4 Å². The first-order valence-corrected chi connectivity index (χ1v) is 10.9. The zero-order valence-corrected chi connectivity index (χ0v) is 18.2. The number of carboxylic acid groups (broad SMARTS) is 1. The van der Waals surface area contributed by atoms with Gasteiger partial charge in [0.05, 0.1) is 30.4 Å². The molecule has 2 aromatic heterocycles. The number of rotatable bonds is 3. The third kappa shape index (κ3) is 3.85. The number of carbonyl (C=O) groups excluding carboxylic acids is 1. The van der Waals surface area contributed by atoms with Crippen LogP contribution in [-0.4, -0.2) is 71.7 Å². The van der Waals surface area contributed by atoms with Crippen LogP contribution in [0.15, 0.2) is 18.2 Å². The van der Waals surface area contributed by atoms with Crippen LogP contribution in [0, 0.1) is 17.1 Å². The van der Waals surface area contributed by atoms with Crippen molar-refractivity contribution in [3.63, 3.8) is 0 Å². The molecule has 11 nitrogen and oxygen atoms in total. The highest BCUT2D eigenvalue weighted by atomic mass is 19.1. The quantitative estimate of drug-likeness (QED) is 0.595. The van der Waals surface area contributed by atoms with Crippen LogP contribution in [0.2, 0.25) is 0 Å². The molecule has 0 unspecified atom stereocenters. The van der Waals surface area contributed by atoms with E-state index < -0.39 is 11.9 Å². The molecule has 2 aliphatic heterocycles. The number of benzene rings is 1. The van der Waals surface area contributed by atoms with Gasteiger partial charge in [-0.2, -0.15) is 25.8 Å². The van der Waals surface area contributed by atoms with Gasteiger partial charge in [0.15, 0.2) is 5.69 Å². The minimum absolute atomic E-state index is 0.101. The predicted molar refractivity (Wildman–Crippen MR) is 114 cm³/mol. The molecule has 2 aliphatic rings. The fourth-order valence-electron chi connectivity index (χ4n) is 4.49. The third-order valence-electron chi connectivity index (χ3n) is 6.34. The lowest BCUT2D eigenvalue weighted by Gasteiger charge is -2.25. The molecule has 4 heterocycles. The van der Waals surface area contributed by atoms with E-state index in [0.29, 0.717) is 49.3 Å². The predicted octanol–water partition coefficient (Wildman–Crippen LogP) is 1.34. The molecule has 0 saturated heterocycles. The lowest BCUT2D eigenvalue weighted by Crippen LogP contribution is -2.37. The summed E-state index contributed by atoms with van der Waals surface area (Å²) in [5.41, 5.74) is 3.60. The number of hydrogen-bond donors (Lipinski definition) is 2. The van der Waals surface area contributed by atoms with Gasteiger partial charge in [-0.25, -0.2) is 9.18 Å². The number of hydrogen-bond acceptors (Lipinski definition) is 6. The summed E-state index contributed by atoms with van der Waals surface area (Å²) in [4.78, 5) is 28.0. The van der Waals surface area contributed by atoms with Crippen molar-refractivity contribution in [2.75, 3.05) is 19.6 Å². The minimum atomic E-state index is -1.02. The first-order chi connectivity index (χ1) is 16.4. The van der Waals surface area contributed by atoms with E-state index in [2.05, 4.69) is 20.5 Å². The molecule has 2 N–H and O–H groups in total. The molecule has 0 fully saturated rings. The number of nitrogens with zero attached hydrogens (tertiary/aromatic N) is 7. The van der Waals surface area contributed by atoms with Crippen molar-refractivity contribution in [3.8, 4) is 6.07 Å². The average molecular weight is 464 g/mol. The molecule has 12 heteroatoms. The van der Waals surface area contributed by atoms with E-state index in [1.165, 1.54) is 23.1 Å². The molecule has 5 rings (SSSR count). The van der Waals surface area contributed by atoms with Gasteiger partial charge < -0.3 is 14.9 Å². The second-order valence-electron chi connectivity index (χ2n) is 8.31. The Morgan fingerprint density at radius 1 is 1.12 bits per heavy atom. The van der Waals surface area contributed by atoms with Gasteiger partial charge in [-0.15, -0.1) is 0 Å². The zero-order chi connectivity index (χ0) is 23.8. The minimum Gasteiger partial charge on any atom is -0.465 e. The van der Waals surface area contributed by atoms with Crippen LogP contribution in [0.4, 0.5) is 9.18 Å². The van der Waals surface area contributed by atoms with Crippen LogP contribution < -0.4 is 0 Å². The number of aromatic nitrogens is 5. The van der Waals surface area contributed by atoms with E-state index in [1.807, 2.05) is 6.07 Å². The number of halogens is 1. The number of fused-ring (bicyclic) bond motifs is 2. The van der Waals surface area contributed by atoms with Crippen LogP contribution in [0.3, 0.4) is 0 Å². The van der Waals surface area contributed by atoms with Crippen molar-refractivity contribution in [2.24, 2.45) is 0 Å². The maximum Gasteiger partial charge on any atom is 0.407 e. The summed E-state index contributed by atoms with van der Waals surface area (Å²) < 4.78 is 16.4. The molecule has 0 radical (unpaired) electrons. The molecule has 34 heavy (non-hydrogen) atoms. The standard InChI is InChI=1S/C22H21FN8O3/c23-16-9-13(11-24)1-2-14(16)10-15-19-4-6-29(22(33)34)7-8-31(19)27-20(15)21(32)30-5-3-17-18(12-30)26-28-25-17/h1-2,9H,3-8,10,12H2,(H,33,34)(H,25,26,28). The molecular formula is C22H21FN8O3. The van der Waals surface area contributed by atoms with Gasteiger partial charge in [0, 0.05) is 50.2 Å². The van der Waals surface area contributed by atoms with Crippen molar-refractivity contribution < 1.29 is 19.1 Å². The van der Waals surface area contributed by atoms with E-state index in [-0.39, 0.29) is 36.7 Å². The van der Waals surface area contributed by atoms with Crippen molar-refractivity contribution in [1.82, 2.24) is 35.0 Å². The summed E-state index contributed by atoms with van der Waals surface area (Å²) in [6.45, 7) is 1.55. The Labute approximate surface area is 193 Å². The number of nitrogens with one attached hydrogen (secondary N) is 1. The molecule has 3 aromatic rings. The molecule has 2 amide bonds. The largest absolute Gasteiger partial charge is 0.465 e. The zero-order valence-electron chi connectivity index (χ0n) is 18.2. The molecule has 1 aromatic carbocycles. The number of nitriles is 1. The number of carbonyl (C=O) groups is 2. The van der Waals surface area contributed by atoms with Gasteiger partial charge in [-0.05, 0) is 17.7 Å². The third-order valence-corrected chi connectivity index (χ3v) is 6.34. The molecule has 0 saturated carbocycles. The van der Waals surface area contributed by atoms with Gasteiger partial charge in [0.2, 0.25) is 0 Å². The van der Waals surface area contributed by atoms with Crippen LogP contribution in [0.1, 0.15) is 44.3 Å². The Bertz CT molecular complexity index is 1320. The van der Waals surface area contributed by atoms with Crippen molar-refractivity contribution in [3.05, 3.63) is 63.5 Å². The molecule has 174 valence electrons.